The molecule has 3 aromatic rings. The third kappa shape index (κ3) is 2.29. The van der Waals surface area contributed by atoms with Crippen molar-refractivity contribution < 1.29 is 4.79 Å². The van der Waals surface area contributed by atoms with Gasteiger partial charge in [0.25, 0.3) is 0 Å². The zero-order valence-electron chi connectivity index (χ0n) is 12.0. The largest absolute Gasteiger partial charge is 0.294 e. The van der Waals surface area contributed by atoms with E-state index in [1.165, 1.54) is 16.9 Å². The molecule has 3 rings (SSSR count). The van der Waals surface area contributed by atoms with Crippen LogP contribution in [0, 0.1) is 26.2 Å². The molecule has 0 amide bonds. The summed E-state index contributed by atoms with van der Waals surface area (Å²) in [7, 11) is 0. The molecular formula is C17H13NOS2. The lowest BCUT2D eigenvalue weighted by atomic mass is 10.0. The third-order valence-electron chi connectivity index (χ3n) is 3.38. The number of nitrogens with zero attached hydrogens (tertiary/aromatic N) is 1. The molecule has 2 nitrogen and oxygen atoms in total. The van der Waals surface area contributed by atoms with E-state index in [4.69, 9.17) is 6.42 Å². The monoisotopic (exact) mass is 311 g/mol. The van der Waals surface area contributed by atoms with Gasteiger partial charge in [0, 0.05) is 28.1 Å². The Labute approximate surface area is 131 Å². The summed E-state index contributed by atoms with van der Waals surface area (Å²) in [5, 5.41) is 4.11. The molecule has 21 heavy (non-hydrogen) atoms. The van der Waals surface area contributed by atoms with E-state index in [1.807, 2.05) is 13.0 Å². The first-order valence-corrected chi connectivity index (χ1v) is 8.18. The highest BCUT2D eigenvalue weighted by Crippen LogP contribution is 2.35. The Bertz CT molecular complexity index is 909. The van der Waals surface area contributed by atoms with Crippen LogP contribution in [0.1, 0.15) is 33.4 Å². The molecular weight excluding hydrogens is 298 g/mol. The lowest BCUT2D eigenvalue weighted by molar-refractivity contribution is 0.102. The number of fused-ring (bicyclic) bond motifs is 1. The van der Waals surface area contributed by atoms with Crippen molar-refractivity contribution in [3.63, 3.8) is 0 Å². The van der Waals surface area contributed by atoms with E-state index in [9.17, 15) is 4.79 Å². The van der Waals surface area contributed by atoms with Crippen molar-refractivity contribution in [1.29, 1.82) is 0 Å². The minimum absolute atomic E-state index is 0.0569. The van der Waals surface area contributed by atoms with Gasteiger partial charge in [0.05, 0.1) is 10.6 Å². The van der Waals surface area contributed by atoms with Crippen LogP contribution >= 0.6 is 22.7 Å². The zero-order valence-corrected chi connectivity index (χ0v) is 13.6. The van der Waals surface area contributed by atoms with Gasteiger partial charge in [-0.3, -0.25) is 4.79 Å². The molecule has 0 unspecified atom stereocenters. The quantitative estimate of drug-likeness (QED) is 0.501. The van der Waals surface area contributed by atoms with E-state index in [1.54, 1.807) is 18.3 Å². The van der Waals surface area contributed by atoms with Crippen molar-refractivity contribution in [2.24, 2.45) is 0 Å². The predicted octanol–water partition coefficient (Wildman–Crippen LogP) is 4.83. The molecule has 0 saturated carbocycles. The van der Waals surface area contributed by atoms with Gasteiger partial charge in [0.15, 0.2) is 5.78 Å². The van der Waals surface area contributed by atoms with Crippen LogP contribution in [0.15, 0.2) is 17.5 Å². The van der Waals surface area contributed by atoms with E-state index in [-0.39, 0.29) is 5.78 Å². The second-order valence-corrected chi connectivity index (χ2v) is 6.86. The number of thiophene rings is 1. The number of carbonyl (C=O) groups excluding carboxylic acids is 1. The first kappa shape index (κ1) is 14.0. The first-order valence-electron chi connectivity index (χ1n) is 6.48. The highest BCUT2D eigenvalue weighted by molar-refractivity contribution is 7.18. The topological polar surface area (TPSA) is 30.0 Å². The molecule has 2 aromatic heterocycles. The van der Waals surface area contributed by atoms with Gasteiger partial charge >= 0.3 is 0 Å². The van der Waals surface area contributed by atoms with Gasteiger partial charge in [-0.05, 0) is 36.9 Å². The number of hydrogen-bond acceptors (Lipinski definition) is 4. The van der Waals surface area contributed by atoms with Crippen LogP contribution in [0.4, 0.5) is 0 Å². The van der Waals surface area contributed by atoms with E-state index in [2.05, 4.69) is 29.3 Å². The Hall–Kier alpha value is -1.96. The molecule has 4 heteroatoms. The molecule has 0 bridgehead atoms. The van der Waals surface area contributed by atoms with Gasteiger partial charge in [-0.2, -0.15) is 0 Å². The standard InChI is InChI=1S/C17H13NOS2/c1-5-12-6-13(7-14-15(12)9(2)8-20-14)17-18-10(3)16(21-17)11(4)19/h1,6-8H,2-4H3. The van der Waals surface area contributed by atoms with Crippen molar-refractivity contribution in [2.45, 2.75) is 20.8 Å². The maximum absolute atomic E-state index is 11.6. The molecule has 0 N–H and O–H groups in total. The number of aromatic nitrogens is 1. The van der Waals surface area contributed by atoms with Gasteiger partial charge in [0.1, 0.15) is 5.01 Å². The Morgan fingerprint density at radius 2 is 2.10 bits per heavy atom. The summed E-state index contributed by atoms with van der Waals surface area (Å²) < 4.78 is 1.16. The predicted molar refractivity (Wildman–Crippen MR) is 90.3 cm³/mol. The number of thiazole rings is 1. The van der Waals surface area contributed by atoms with Crippen molar-refractivity contribution in [2.75, 3.05) is 0 Å². The fourth-order valence-corrected chi connectivity index (χ4v) is 4.36. The van der Waals surface area contributed by atoms with Crippen molar-refractivity contribution in [3.8, 4) is 22.9 Å². The van der Waals surface area contributed by atoms with Gasteiger partial charge in [-0.1, -0.05) is 5.92 Å². The number of ketones is 1. The molecule has 0 aliphatic carbocycles. The molecule has 0 aliphatic heterocycles. The maximum atomic E-state index is 11.6. The Kier molecular flexibility index (Phi) is 3.40. The molecule has 0 radical (unpaired) electrons. The van der Waals surface area contributed by atoms with E-state index in [0.717, 1.165) is 36.8 Å². The summed E-state index contributed by atoms with van der Waals surface area (Å²) >= 11 is 3.11. The first-order chi connectivity index (χ1) is 10.0. The molecule has 2 heterocycles. The highest BCUT2D eigenvalue weighted by atomic mass is 32.1. The van der Waals surface area contributed by atoms with Crippen LogP contribution in [0.25, 0.3) is 20.7 Å². The second-order valence-electron chi connectivity index (χ2n) is 4.95. The highest BCUT2D eigenvalue weighted by Gasteiger charge is 2.15. The summed E-state index contributed by atoms with van der Waals surface area (Å²) in [5.74, 6) is 2.82. The number of terminal acetylenes is 1. The summed E-state index contributed by atoms with van der Waals surface area (Å²) in [6.07, 6.45) is 5.66. The molecule has 0 atom stereocenters. The van der Waals surface area contributed by atoms with Crippen molar-refractivity contribution >= 4 is 38.5 Å². The van der Waals surface area contributed by atoms with Crippen LogP contribution in [-0.2, 0) is 0 Å². The summed E-state index contributed by atoms with van der Waals surface area (Å²) in [5.41, 5.74) is 3.86. The molecule has 0 fully saturated rings. The fraction of sp³-hybridized carbons (Fsp3) is 0.176. The Morgan fingerprint density at radius 1 is 1.33 bits per heavy atom. The molecule has 0 saturated heterocycles. The SMILES string of the molecule is C#Cc1cc(-c2nc(C)c(C(C)=O)s2)cc2scc(C)c12. The lowest BCUT2D eigenvalue weighted by Gasteiger charge is -2.02. The second kappa shape index (κ2) is 5.10. The summed E-state index contributed by atoms with van der Waals surface area (Å²) in [4.78, 5) is 16.8. The van der Waals surface area contributed by atoms with E-state index >= 15 is 0 Å². The average Bonchev–Trinajstić information content (AvgIpc) is 3.02. The molecule has 1 aromatic carbocycles. The number of aryl methyl sites for hydroxylation is 2. The maximum Gasteiger partial charge on any atom is 0.171 e. The summed E-state index contributed by atoms with van der Waals surface area (Å²) in [6, 6.07) is 4.10. The third-order valence-corrected chi connectivity index (χ3v) is 5.73. The lowest BCUT2D eigenvalue weighted by Crippen LogP contribution is -1.89. The van der Waals surface area contributed by atoms with Crippen LogP contribution in [0.5, 0.6) is 0 Å². The van der Waals surface area contributed by atoms with E-state index in [0.29, 0.717) is 0 Å². The van der Waals surface area contributed by atoms with Crippen LogP contribution in [0.3, 0.4) is 0 Å². The van der Waals surface area contributed by atoms with Crippen molar-refractivity contribution in [3.05, 3.63) is 39.2 Å². The Morgan fingerprint density at radius 3 is 2.71 bits per heavy atom. The van der Waals surface area contributed by atoms with Crippen LogP contribution in [-0.4, -0.2) is 10.8 Å². The van der Waals surface area contributed by atoms with Gasteiger partial charge in [-0.25, -0.2) is 4.98 Å². The molecule has 104 valence electrons. The van der Waals surface area contributed by atoms with Gasteiger partial charge < -0.3 is 0 Å². The Balaban J connectivity index is 2.24. The molecule has 0 aliphatic rings. The number of rotatable bonds is 2. The number of benzene rings is 1. The molecule has 0 spiro atoms. The van der Waals surface area contributed by atoms with Crippen LogP contribution in [0.2, 0.25) is 0 Å². The van der Waals surface area contributed by atoms with Gasteiger partial charge in [0.2, 0.25) is 0 Å². The van der Waals surface area contributed by atoms with Crippen molar-refractivity contribution in [1.82, 2.24) is 4.98 Å². The van der Waals surface area contributed by atoms with E-state index < -0.39 is 0 Å². The van der Waals surface area contributed by atoms with Gasteiger partial charge in [-0.15, -0.1) is 29.1 Å². The normalized spacial score (nSPS) is 10.8. The smallest absolute Gasteiger partial charge is 0.171 e. The minimum atomic E-state index is 0.0569. The summed E-state index contributed by atoms with van der Waals surface area (Å²) in [6.45, 7) is 5.51. The number of hydrogen-bond donors (Lipinski definition) is 0. The number of Topliss-reactive ketones (excluding diaryl/α,β-unsaturated/α-hetero) is 1. The average molecular weight is 311 g/mol. The number of carbonyl (C=O) groups is 1. The zero-order chi connectivity index (χ0) is 15.1. The van der Waals surface area contributed by atoms with Crippen LogP contribution < -0.4 is 0 Å². The fourth-order valence-electron chi connectivity index (χ4n) is 2.41. The minimum Gasteiger partial charge on any atom is -0.294 e.